The van der Waals surface area contributed by atoms with Crippen LogP contribution in [-0.2, 0) is 0 Å². The summed E-state index contributed by atoms with van der Waals surface area (Å²) in [5.41, 5.74) is 1.75. The zero-order valence-corrected chi connectivity index (χ0v) is 12.7. The van der Waals surface area contributed by atoms with Crippen molar-refractivity contribution in [2.75, 3.05) is 12.4 Å². The van der Waals surface area contributed by atoms with Gasteiger partial charge >= 0.3 is 0 Å². The third-order valence-electron chi connectivity index (χ3n) is 3.11. The molecule has 1 N–H and O–H groups in total. The van der Waals surface area contributed by atoms with Gasteiger partial charge in [0.1, 0.15) is 11.6 Å². The maximum atomic E-state index is 12.3. The molecule has 1 aromatic carbocycles. The van der Waals surface area contributed by atoms with Crippen LogP contribution >= 0.6 is 0 Å². The quantitative estimate of drug-likeness (QED) is 0.937. The third kappa shape index (κ3) is 3.37. The molecule has 1 heterocycles. The van der Waals surface area contributed by atoms with E-state index in [1.165, 1.54) is 0 Å². The topological polar surface area (TPSA) is 64.1 Å². The number of methoxy groups -OCH3 is 1. The number of hydrogen-bond donors (Lipinski definition) is 1. The zero-order chi connectivity index (χ0) is 15.4. The van der Waals surface area contributed by atoms with Crippen LogP contribution in [-0.4, -0.2) is 23.0 Å². The van der Waals surface area contributed by atoms with E-state index in [2.05, 4.69) is 15.3 Å². The Labute approximate surface area is 124 Å². The Bertz CT molecular complexity index is 654. The Morgan fingerprint density at radius 2 is 2.00 bits per heavy atom. The first-order valence-electron chi connectivity index (χ1n) is 6.80. The number of aryl methyl sites for hydroxylation is 1. The molecule has 5 heteroatoms. The lowest BCUT2D eigenvalue weighted by Crippen LogP contribution is -2.16. The van der Waals surface area contributed by atoms with Gasteiger partial charge in [-0.1, -0.05) is 26.0 Å². The van der Waals surface area contributed by atoms with Crippen LogP contribution in [0.15, 0.2) is 30.5 Å². The van der Waals surface area contributed by atoms with Crippen LogP contribution in [0.25, 0.3) is 0 Å². The number of carbonyl (C=O) groups excluding carboxylic acids is 1. The molecular formula is C16H19N3O2. The highest BCUT2D eigenvalue weighted by atomic mass is 16.5. The molecular weight excluding hydrogens is 266 g/mol. The molecule has 1 aromatic heterocycles. The van der Waals surface area contributed by atoms with Gasteiger partial charge in [0, 0.05) is 12.1 Å². The Kier molecular flexibility index (Phi) is 4.52. The smallest absolute Gasteiger partial charge is 0.259 e. The van der Waals surface area contributed by atoms with Gasteiger partial charge in [-0.3, -0.25) is 4.79 Å². The highest BCUT2D eigenvalue weighted by Crippen LogP contribution is 2.24. The average Bonchev–Trinajstić information content (AvgIpc) is 2.47. The van der Waals surface area contributed by atoms with Crippen molar-refractivity contribution in [3.8, 4) is 5.75 Å². The number of rotatable bonds is 4. The summed E-state index contributed by atoms with van der Waals surface area (Å²) >= 11 is 0. The standard InChI is InChI=1S/C16H19N3O2/c1-10(2)15-17-9-12(11(3)18-15)16(20)19-13-7-5-6-8-14(13)21-4/h5-10H,1-4H3,(H,19,20). The predicted octanol–water partition coefficient (Wildman–Crippen LogP) is 3.17. The highest BCUT2D eigenvalue weighted by Gasteiger charge is 2.14. The van der Waals surface area contributed by atoms with Crippen LogP contribution < -0.4 is 10.1 Å². The molecule has 0 radical (unpaired) electrons. The predicted molar refractivity (Wildman–Crippen MR) is 81.8 cm³/mol. The Hall–Kier alpha value is -2.43. The number of anilines is 1. The molecule has 2 aromatic rings. The van der Waals surface area contributed by atoms with Crippen LogP contribution in [0.1, 0.15) is 41.6 Å². The van der Waals surface area contributed by atoms with Gasteiger partial charge in [-0.15, -0.1) is 0 Å². The maximum Gasteiger partial charge on any atom is 0.259 e. The molecule has 0 aliphatic rings. The van der Waals surface area contributed by atoms with Gasteiger partial charge < -0.3 is 10.1 Å². The van der Waals surface area contributed by atoms with E-state index in [1.807, 2.05) is 32.9 Å². The van der Waals surface area contributed by atoms with Crippen molar-refractivity contribution in [1.29, 1.82) is 0 Å². The van der Waals surface area contributed by atoms with E-state index in [1.54, 1.807) is 25.4 Å². The lowest BCUT2D eigenvalue weighted by Gasteiger charge is -2.11. The van der Waals surface area contributed by atoms with Crippen LogP contribution in [0.4, 0.5) is 5.69 Å². The molecule has 0 aliphatic carbocycles. The summed E-state index contributed by atoms with van der Waals surface area (Å²) in [4.78, 5) is 21.0. The SMILES string of the molecule is COc1ccccc1NC(=O)c1cnc(C(C)C)nc1C. The van der Waals surface area contributed by atoms with Gasteiger partial charge in [-0.2, -0.15) is 0 Å². The summed E-state index contributed by atoms with van der Waals surface area (Å²) in [6, 6.07) is 7.26. The molecule has 0 bridgehead atoms. The fourth-order valence-electron chi connectivity index (χ4n) is 1.92. The molecule has 0 unspecified atom stereocenters. The second kappa shape index (κ2) is 6.35. The molecule has 21 heavy (non-hydrogen) atoms. The summed E-state index contributed by atoms with van der Waals surface area (Å²) in [5.74, 6) is 1.34. The van der Waals surface area contributed by atoms with Gasteiger partial charge in [-0.25, -0.2) is 9.97 Å². The van der Waals surface area contributed by atoms with Crippen molar-refractivity contribution in [1.82, 2.24) is 9.97 Å². The minimum Gasteiger partial charge on any atom is -0.495 e. The minimum absolute atomic E-state index is 0.232. The molecule has 2 rings (SSSR count). The number of carbonyl (C=O) groups is 1. The number of nitrogens with zero attached hydrogens (tertiary/aromatic N) is 2. The summed E-state index contributed by atoms with van der Waals surface area (Å²) < 4.78 is 5.22. The largest absolute Gasteiger partial charge is 0.495 e. The molecule has 0 aliphatic heterocycles. The van der Waals surface area contributed by atoms with E-state index < -0.39 is 0 Å². The number of benzene rings is 1. The van der Waals surface area contributed by atoms with Gasteiger partial charge in [0.15, 0.2) is 0 Å². The molecule has 5 nitrogen and oxygen atoms in total. The summed E-state index contributed by atoms with van der Waals surface area (Å²) in [6.07, 6.45) is 1.57. The van der Waals surface area contributed by atoms with Crippen molar-refractivity contribution >= 4 is 11.6 Å². The van der Waals surface area contributed by atoms with Gasteiger partial charge in [0.25, 0.3) is 5.91 Å². The van der Waals surface area contributed by atoms with Crippen LogP contribution in [0, 0.1) is 6.92 Å². The fraction of sp³-hybridized carbons (Fsp3) is 0.312. The molecule has 0 saturated heterocycles. The molecule has 0 saturated carbocycles. The number of aromatic nitrogens is 2. The second-order valence-corrected chi connectivity index (χ2v) is 5.04. The van der Waals surface area contributed by atoms with Crippen molar-refractivity contribution in [2.24, 2.45) is 0 Å². The number of nitrogens with one attached hydrogen (secondary N) is 1. The van der Waals surface area contributed by atoms with Crippen molar-refractivity contribution in [3.05, 3.63) is 47.5 Å². The number of ether oxygens (including phenoxy) is 1. The Morgan fingerprint density at radius 3 is 2.62 bits per heavy atom. The summed E-state index contributed by atoms with van der Waals surface area (Å²) in [6.45, 7) is 5.84. The number of hydrogen-bond acceptors (Lipinski definition) is 4. The monoisotopic (exact) mass is 285 g/mol. The fourth-order valence-corrected chi connectivity index (χ4v) is 1.92. The first-order valence-corrected chi connectivity index (χ1v) is 6.80. The minimum atomic E-state index is -0.243. The Morgan fingerprint density at radius 1 is 1.29 bits per heavy atom. The normalized spacial score (nSPS) is 10.5. The first kappa shape index (κ1) is 15.0. The van der Waals surface area contributed by atoms with Gasteiger partial charge in [0.2, 0.25) is 0 Å². The summed E-state index contributed by atoms with van der Waals surface area (Å²) in [5, 5.41) is 2.82. The molecule has 0 atom stereocenters. The van der Waals surface area contributed by atoms with E-state index in [0.29, 0.717) is 22.7 Å². The first-order chi connectivity index (χ1) is 10.0. The van der Waals surface area contributed by atoms with E-state index in [4.69, 9.17) is 4.74 Å². The maximum absolute atomic E-state index is 12.3. The molecule has 0 spiro atoms. The van der Waals surface area contributed by atoms with Crippen molar-refractivity contribution in [3.63, 3.8) is 0 Å². The lowest BCUT2D eigenvalue weighted by molar-refractivity contribution is 0.102. The van der Waals surface area contributed by atoms with E-state index in [-0.39, 0.29) is 11.8 Å². The van der Waals surface area contributed by atoms with E-state index >= 15 is 0 Å². The van der Waals surface area contributed by atoms with Crippen LogP contribution in [0.2, 0.25) is 0 Å². The second-order valence-electron chi connectivity index (χ2n) is 5.04. The third-order valence-corrected chi connectivity index (χ3v) is 3.11. The van der Waals surface area contributed by atoms with Crippen molar-refractivity contribution in [2.45, 2.75) is 26.7 Å². The van der Waals surface area contributed by atoms with E-state index in [9.17, 15) is 4.79 Å². The van der Waals surface area contributed by atoms with Crippen molar-refractivity contribution < 1.29 is 9.53 Å². The van der Waals surface area contributed by atoms with E-state index in [0.717, 1.165) is 5.82 Å². The Balaban J connectivity index is 2.24. The summed E-state index contributed by atoms with van der Waals surface area (Å²) in [7, 11) is 1.57. The van der Waals surface area contributed by atoms with Crippen LogP contribution in [0.3, 0.4) is 0 Å². The lowest BCUT2D eigenvalue weighted by atomic mass is 10.1. The molecule has 0 fully saturated rings. The van der Waals surface area contributed by atoms with Gasteiger partial charge in [-0.05, 0) is 19.1 Å². The average molecular weight is 285 g/mol. The number of amides is 1. The highest BCUT2D eigenvalue weighted by molar-refractivity contribution is 6.05. The molecule has 1 amide bonds. The van der Waals surface area contributed by atoms with Gasteiger partial charge in [0.05, 0.1) is 24.1 Å². The van der Waals surface area contributed by atoms with Crippen LogP contribution in [0.5, 0.6) is 5.75 Å². The number of para-hydroxylation sites is 2. The molecule has 110 valence electrons. The zero-order valence-electron chi connectivity index (χ0n) is 12.7.